The number of nitrogens with one attached hydrogen (secondary N) is 2. The van der Waals surface area contributed by atoms with Gasteiger partial charge in [0.2, 0.25) is 11.9 Å². The summed E-state index contributed by atoms with van der Waals surface area (Å²) in [5, 5.41) is 5.65. The number of carbonyl (C=O) groups is 1. The van der Waals surface area contributed by atoms with Crippen LogP contribution in [0.2, 0.25) is 5.02 Å². The van der Waals surface area contributed by atoms with Gasteiger partial charge in [-0.1, -0.05) is 30.5 Å². The maximum Gasteiger partial charge on any atom is 0.416 e. The van der Waals surface area contributed by atoms with E-state index in [1.807, 2.05) is 6.92 Å². The summed E-state index contributed by atoms with van der Waals surface area (Å²) in [4.78, 5) is 25.6. The Morgan fingerprint density at radius 3 is 2.73 bits per heavy atom. The number of alkyl halides is 3. The second-order valence-corrected chi connectivity index (χ2v) is 8.95. The molecule has 1 aliphatic carbocycles. The third-order valence-electron chi connectivity index (χ3n) is 6.01. The molecule has 3 rings (SSSR count). The van der Waals surface area contributed by atoms with Gasteiger partial charge in [0.25, 0.3) is 0 Å². The first-order valence-corrected chi connectivity index (χ1v) is 11.6. The number of hydrogen-bond donors (Lipinski definition) is 2. The molecule has 0 bridgehead atoms. The summed E-state index contributed by atoms with van der Waals surface area (Å²) in [5.74, 6) is 2.02. The third kappa shape index (κ3) is 7.28. The maximum absolute atomic E-state index is 13.3. The molecule has 2 aromatic rings. The summed E-state index contributed by atoms with van der Waals surface area (Å²) in [7, 11) is 1.77. The van der Waals surface area contributed by atoms with Crippen LogP contribution in [0.15, 0.2) is 18.2 Å². The lowest BCUT2D eigenvalue weighted by Gasteiger charge is -2.28. The van der Waals surface area contributed by atoms with E-state index in [-0.39, 0.29) is 29.0 Å². The van der Waals surface area contributed by atoms with Crippen molar-refractivity contribution in [2.45, 2.75) is 64.6 Å². The van der Waals surface area contributed by atoms with Crippen molar-refractivity contribution in [3.8, 4) is 0 Å². The number of rotatable bonds is 8. The highest BCUT2D eigenvalue weighted by molar-refractivity contribution is 6.30. The molecule has 180 valence electrons. The van der Waals surface area contributed by atoms with E-state index >= 15 is 0 Å². The number of aryl methyl sites for hydroxylation is 2. The van der Waals surface area contributed by atoms with Crippen LogP contribution in [0.4, 0.5) is 19.1 Å². The van der Waals surface area contributed by atoms with Crippen LogP contribution in [0.1, 0.15) is 61.3 Å². The van der Waals surface area contributed by atoms with E-state index < -0.39 is 11.7 Å². The van der Waals surface area contributed by atoms with Crippen molar-refractivity contribution in [1.29, 1.82) is 0 Å². The highest BCUT2D eigenvalue weighted by Crippen LogP contribution is 2.35. The molecule has 0 unspecified atom stereocenters. The molecule has 10 heteroatoms. The molecule has 1 heterocycles. The van der Waals surface area contributed by atoms with Crippen LogP contribution < -0.4 is 10.6 Å². The largest absolute Gasteiger partial charge is 0.416 e. The molecule has 1 saturated carbocycles. The van der Waals surface area contributed by atoms with Gasteiger partial charge in [-0.3, -0.25) is 4.79 Å². The molecule has 6 nitrogen and oxygen atoms in total. The van der Waals surface area contributed by atoms with Gasteiger partial charge in [-0.05, 0) is 56.2 Å². The summed E-state index contributed by atoms with van der Waals surface area (Å²) in [6.07, 6.45) is 1.57. The van der Waals surface area contributed by atoms with Crippen LogP contribution in [0.3, 0.4) is 0 Å². The molecule has 2 N–H and O–H groups in total. The number of amides is 1. The van der Waals surface area contributed by atoms with E-state index in [4.69, 9.17) is 11.6 Å². The van der Waals surface area contributed by atoms with E-state index in [1.54, 1.807) is 7.05 Å². The van der Waals surface area contributed by atoms with Crippen LogP contribution in [-0.2, 0) is 23.9 Å². The molecule has 2 atom stereocenters. The first-order valence-electron chi connectivity index (χ1n) is 11.2. The highest BCUT2D eigenvalue weighted by atomic mass is 35.5. The minimum atomic E-state index is -4.52. The molecule has 1 amide bonds. The Morgan fingerprint density at radius 1 is 1.21 bits per heavy atom. The number of aromatic nitrogens is 3. The van der Waals surface area contributed by atoms with Crippen LogP contribution >= 0.6 is 11.6 Å². The summed E-state index contributed by atoms with van der Waals surface area (Å²) >= 11 is 5.73. The maximum atomic E-state index is 13.3. The van der Waals surface area contributed by atoms with E-state index in [0.717, 1.165) is 56.8 Å². The van der Waals surface area contributed by atoms with Crippen LogP contribution in [0.5, 0.6) is 0 Å². The number of halogens is 4. The monoisotopic (exact) mass is 483 g/mol. The molecule has 1 aliphatic rings. The predicted molar refractivity (Wildman–Crippen MR) is 121 cm³/mol. The van der Waals surface area contributed by atoms with E-state index in [9.17, 15) is 18.0 Å². The van der Waals surface area contributed by atoms with Gasteiger partial charge in [0.15, 0.2) is 0 Å². The Bertz CT molecular complexity index is 970. The zero-order valence-corrected chi connectivity index (χ0v) is 19.6. The third-order valence-corrected chi connectivity index (χ3v) is 6.25. The highest BCUT2D eigenvalue weighted by Gasteiger charge is 2.34. The van der Waals surface area contributed by atoms with E-state index in [0.29, 0.717) is 17.7 Å². The van der Waals surface area contributed by atoms with E-state index in [2.05, 4.69) is 25.6 Å². The fraction of sp³-hybridized carbons (Fsp3) is 0.565. The Hall–Kier alpha value is -2.42. The average molecular weight is 484 g/mol. The number of carbonyl (C=O) groups excluding carboxylic acids is 1. The van der Waals surface area contributed by atoms with Crippen molar-refractivity contribution in [1.82, 2.24) is 20.3 Å². The zero-order valence-electron chi connectivity index (χ0n) is 18.8. The predicted octanol–water partition coefficient (Wildman–Crippen LogP) is 5.34. The standard InChI is InChI=1S/C23H29ClF3N5O/c1-14-30-20(32-22(28-2)31-14)8-4-6-15-5-3-7-16(11-15)21(33)29-13-17-9-10-18(24)12-19(17)23(25,26)27/h9-10,12,15-16H,3-8,11,13H2,1-2H3,(H,29,33)(H,28,30,31,32)/t15-,16-/m0/s1. The van der Waals surface area contributed by atoms with Crippen molar-refractivity contribution in [3.63, 3.8) is 0 Å². The molecule has 33 heavy (non-hydrogen) atoms. The molecular weight excluding hydrogens is 455 g/mol. The normalized spacial score (nSPS) is 18.7. The fourth-order valence-electron chi connectivity index (χ4n) is 4.39. The minimum Gasteiger partial charge on any atom is -0.357 e. The lowest BCUT2D eigenvalue weighted by molar-refractivity contribution is -0.138. The topological polar surface area (TPSA) is 79.8 Å². The summed E-state index contributed by atoms with van der Waals surface area (Å²) < 4.78 is 39.8. The van der Waals surface area contributed by atoms with Gasteiger partial charge < -0.3 is 10.6 Å². The molecule has 0 radical (unpaired) electrons. The van der Waals surface area contributed by atoms with Gasteiger partial charge in [0.1, 0.15) is 11.6 Å². The van der Waals surface area contributed by atoms with Crippen LogP contribution in [0.25, 0.3) is 0 Å². The van der Waals surface area contributed by atoms with Crippen LogP contribution in [-0.4, -0.2) is 27.9 Å². The molecule has 0 aliphatic heterocycles. The molecule has 0 spiro atoms. The molecule has 1 aromatic carbocycles. The van der Waals surface area contributed by atoms with Gasteiger partial charge in [-0.15, -0.1) is 0 Å². The summed E-state index contributed by atoms with van der Waals surface area (Å²) in [6.45, 7) is 1.66. The van der Waals surface area contributed by atoms with Crippen molar-refractivity contribution in [2.75, 3.05) is 12.4 Å². The van der Waals surface area contributed by atoms with Gasteiger partial charge in [0.05, 0.1) is 5.56 Å². The second kappa shape index (κ2) is 11.1. The quantitative estimate of drug-likeness (QED) is 0.530. The number of nitrogens with zero attached hydrogens (tertiary/aromatic N) is 3. The van der Waals surface area contributed by atoms with Crippen molar-refractivity contribution in [2.24, 2.45) is 11.8 Å². The summed E-state index contributed by atoms with van der Waals surface area (Å²) in [5.41, 5.74) is -0.798. The number of benzene rings is 1. The average Bonchev–Trinajstić information content (AvgIpc) is 2.77. The zero-order chi connectivity index (χ0) is 24.0. The van der Waals surface area contributed by atoms with Gasteiger partial charge >= 0.3 is 6.18 Å². The van der Waals surface area contributed by atoms with Crippen LogP contribution in [0, 0.1) is 18.8 Å². The Labute approximate surface area is 196 Å². The molecule has 1 aromatic heterocycles. The minimum absolute atomic E-state index is 0.0150. The summed E-state index contributed by atoms with van der Waals surface area (Å²) in [6, 6.07) is 3.62. The fourth-order valence-corrected chi connectivity index (χ4v) is 4.57. The Kier molecular flexibility index (Phi) is 8.51. The lowest BCUT2D eigenvalue weighted by Crippen LogP contribution is -2.34. The Balaban J connectivity index is 1.50. The Morgan fingerprint density at radius 2 is 2.00 bits per heavy atom. The van der Waals surface area contributed by atoms with Crippen molar-refractivity contribution in [3.05, 3.63) is 46.0 Å². The smallest absolute Gasteiger partial charge is 0.357 e. The van der Waals surface area contributed by atoms with Crippen molar-refractivity contribution < 1.29 is 18.0 Å². The molecule has 1 fully saturated rings. The molecular formula is C23H29ClF3N5O. The first-order chi connectivity index (χ1) is 15.7. The van der Waals surface area contributed by atoms with E-state index in [1.165, 1.54) is 12.1 Å². The van der Waals surface area contributed by atoms with Gasteiger partial charge in [0, 0.05) is 31.0 Å². The number of hydrogen-bond acceptors (Lipinski definition) is 5. The van der Waals surface area contributed by atoms with Gasteiger partial charge in [-0.2, -0.15) is 23.1 Å². The SMILES string of the molecule is CNc1nc(C)nc(CCC[C@@H]2CCC[C@H](C(=O)NCc3ccc(Cl)cc3C(F)(F)F)C2)n1. The number of anilines is 1. The molecule has 0 saturated heterocycles. The second-order valence-electron chi connectivity index (χ2n) is 8.51. The lowest BCUT2D eigenvalue weighted by atomic mass is 9.78. The van der Waals surface area contributed by atoms with Crippen molar-refractivity contribution >= 4 is 23.5 Å². The first kappa shape index (κ1) is 25.2. The van der Waals surface area contributed by atoms with Gasteiger partial charge in [-0.25, -0.2) is 4.98 Å².